The Bertz CT molecular complexity index is 1270. The molecular formula is C30H30F3NO5S. The average molecular weight is 574 g/mol. The van der Waals surface area contributed by atoms with Gasteiger partial charge < -0.3 is 19.1 Å². The number of piperidine rings is 3. The molecule has 6 rings (SSSR count). The SMILES string of the molecule is O=C(C[N+]12CCC(CC1)C(C(=O)OC(Cc1ccccc1)c1ccccc1)C2)c1cccs1.O=C([O-])C(F)(F)F. The van der Waals surface area contributed by atoms with Crippen molar-refractivity contribution in [1.82, 2.24) is 0 Å². The van der Waals surface area contributed by atoms with Crippen LogP contribution in [0.3, 0.4) is 0 Å². The molecule has 10 heteroatoms. The van der Waals surface area contributed by atoms with E-state index in [0.717, 1.165) is 46.4 Å². The summed E-state index contributed by atoms with van der Waals surface area (Å²) in [5, 5.41) is 10.7. The number of rotatable bonds is 8. The first kappa shape index (κ1) is 29.5. The summed E-state index contributed by atoms with van der Waals surface area (Å²) in [6.07, 6.45) is -2.86. The van der Waals surface area contributed by atoms with Crippen molar-refractivity contribution < 1.29 is 41.9 Å². The molecule has 3 aliphatic heterocycles. The van der Waals surface area contributed by atoms with E-state index in [9.17, 15) is 22.8 Å². The Balaban J connectivity index is 0.000000470. The second-order valence-corrected chi connectivity index (χ2v) is 11.2. The van der Waals surface area contributed by atoms with Crippen LogP contribution >= 0.6 is 11.3 Å². The Morgan fingerprint density at radius 1 is 0.950 bits per heavy atom. The summed E-state index contributed by atoms with van der Waals surface area (Å²) < 4.78 is 38.5. The second-order valence-electron chi connectivity index (χ2n) is 10.3. The minimum Gasteiger partial charge on any atom is -0.542 e. The third-order valence-electron chi connectivity index (χ3n) is 7.60. The zero-order chi connectivity index (χ0) is 28.8. The molecule has 2 unspecified atom stereocenters. The molecule has 0 aliphatic carbocycles. The first-order chi connectivity index (χ1) is 19.1. The van der Waals surface area contributed by atoms with Crippen LogP contribution < -0.4 is 5.11 Å². The number of esters is 1. The zero-order valence-electron chi connectivity index (χ0n) is 21.7. The summed E-state index contributed by atoms with van der Waals surface area (Å²) in [5.74, 6) is -2.68. The molecule has 4 heterocycles. The van der Waals surface area contributed by atoms with Gasteiger partial charge in [-0.05, 0) is 28.5 Å². The fourth-order valence-electron chi connectivity index (χ4n) is 5.55. The molecule has 1 aromatic heterocycles. The van der Waals surface area contributed by atoms with Gasteiger partial charge in [-0.15, -0.1) is 11.3 Å². The number of carbonyl (C=O) groups is 3. The zero-order valence-corrected chi connectivity index (χ0v) is 22.5. The van der Waals surface area contributed by atoms with Crippen LogP contribution in [0.2, 0.25) is 0 Å². The van der Waals surface area contributed by atoms with Crippen molar-refractivity contribution in [3.8, 4) is 0 Å². The Morgan fingerprint density at radius 2 is 1.55 bits per heavy atom. The number of ketones is 1. The van der Waals surface area contributed by atoms with Crippen LogP contribution in [0.25, 0.3) is 0 Å². The molecule has 2 bridgehead atoms. The molecule has 212 valence electrons. The molecule has 3 aliphatic rings. The largest absolute Gasteiger partial charge is 0.542 e. The molecule has 2 aromatic carbocycles. The molecule has 6 nitrogen and oxygen atoms in total. The Hall–Kier alpha value is -3.50. The number of carboxylic acids is 1. The van der Waals surface area contributed by atoms with Gasteiger partial charge in [-0.2, -0.15) is 13.2 Å². The van der Waals surface area contributed by atoms with E-state index in [2.05, 4.69) is 12.1 Å². The summed E-state index contributed by atoms with van der Waals surface area (Å²) in [6, 6.07) is 24.1. The number of alkyl halides is 3. The van der Waals surface area contributed by atoms with Crippen LogP contribution in [0.5, 0.6) is 0 Å². The van der Waals surface area contributed by atoms with Gasteiger partial charge in [0.2, 0.25) is 5.78 Å². The van der Waals surface area contributed by atoms with Gasteiger partial charge >= 0.3 is 12.1 Å². The molecule has 0 radical (unpaired) electrons. The lowest BCUT2D eigenvalue weighted by atomic mass is 9.77. The molecule has 0 amide bonds. The summed E-state index contributed by atoms with van der Waals surface area (Å²) in [6.45, 7) is 3.17. The minimum atomic E-state index is -5.19. The maximum absolute atomic E-state index is 13.5. The highest BCUT2D eigenvalue weighted by Crippen LogP contribution is 2.39. The van der Waals surface area contributed by atoms with Crippen LogP contribution in [0, 0.1) is 11.8 Å². The topological polar surface area (TPSA) is 83.5 Å². The van der Waals surface area contributed by atoms with Crippen molar-refractivity contribution in [3.05, 3.63) is 94.2 Å². The highest BCUT2D eigenvalue weighted by atomic mass is 32.1. The monoisotopic (exact) mass is 573 g/mol. The molecule has 3 saturated heterocycles. The van der Waals surface area contributed by atoms with Crippen LogP contribution in [0.15, 0.2) is 78.2 Å². The van der Waals surface area contributed by atoms with Crippen molar-refractivity contribution in [3.63, 3.8) is 0 Å². The van der Waals surface area contributed by atoms with E-state index < -0.39 is 12.1 Å². The molecule has 0 N–H and O–H groups in total. The maximum Gasteiger partial charge on any atom is 0.430 e. The summed E-state index contributed by atoms with van der Waals surface area (Å²) in [7, 11) is 0. The Kier molecular flexibility index (Phi) is 9.42. The van der Waals surface area contributed by atoms with E-state index in [1.807, 2.05) is 66.0 Å². The van der Waals surface area contributed by atoms with Crippen molar-refractivity contribution in [2.45, 2.75) is 31.5 Å². The van der Waals surface area contributed by atoms with E-state index in [0.29, 0.717) is 25.4 Å². The number of carbonyl (C=O) groups excluding carboxylic acids is 3. The van der Waals surface area contributed by atoms with Gasteiger partial charge in [-0.1, -0.05) is 66.7 Å². The number of Topliss-reactive ketones (excluding diaryl/α,β-unsaturated/α-hetero) is 1. The van der Waals surface area contributed by atoms with E-state index in [4.69, 9.17) is 14.6 Å². The van der Waals surface area contributed by atoms with Gasteiger partial charge in [0.05, 0.1) is 24.5 Å². The lowest BCUT2D eigenvalue weighted by Crippen LogP contribution is -2.64. The number of nitrogens with zero attached hydrogens (tertiary/aromatic N) is 1. The van der Waals surface area contributed by atoms with E-state index >= 15 is 0 Å². The van der Waals surface area contributed by atoms with Crippen LogP contribution in [-0.4, -0.2) is 54.6 Å². The molecular weight excluding hydrogens is 543 g/mol. The van der Waals surface area contributed by atoms with Gasteiger partial charge in [0.25, 0.3) is 0 Å². The lowest BCUT2D eigenvalue weighted by Gasteiger charge is -2.51. The molecule has 0 saturated carbocycles. The highest BCUT2D eigenvalue weighted by molar-refractivity contribution is 7.12. The Labute approximate surface area is 234 Å². The Morgan fingerprint density at radius 3 is 2.10 bits per heavy atom. The number of hydrogen-bond acceptors (Lipinski definition) is 6. The fraction of sp³-hybridized carbons (Fsp3) is 0.367. The van der Waals surface area contributed by atoms with Crippen LogP contribution in [0.1, 0.15) is 39.7 Å². The standard InChI is InChI=1S/C28H30NO3S.C2HF3O2/c30-25(27-12-7-17-33-27)20-29-15-13-22(14-16-29)24(19-29)28(31)32-26(23-10-5-2-6-11-23)18-21-8-3-1-4-9-21;3-2(4,5)1(6)7/h1-12,17,22,24,26H,13-16,18-20H2;(H,6,7)/q+1;/p-1. The molecule has 3 aromatic rings. The normalized spacial score (nSPS) is 22.5. The number of aliphatic carboxylic acids is 1. The first-order valence-corrected chi connectivity index (χ1v) is 13.9. The average Bonchev–Trinajstić information content (AvgIpc) is 3.49. The number of benzene rings is 2. The predicted molar refractivity (Wildman–Crippen MR) is 141 cm³/mol. The molecule has 40 heavy (non-hydrogen) atoms. The molecule has 2 atom stereocenters. The second kappa shape index (κ2) is 12.8. The number of carboxylic acid groups (broad SMARTS) is 1. The minimum absolute atomic E-state index is 0.102. The number of thiophene rings is 1. The van der Waals surface area contributed by atoms with Crippen molar-refractivity contribution in [2.24, 2.45) is 11.8 Å². The first-order valence-electron chi connectivity index (χ1n) is 13.1. The third kappa shape index (κ3) is 7.57. The van der Waals surface area contributed by atoms with Crippen molar-refractivity contribution in [1.29, 1.82) is 0 Å². The van der Waals surface area contributed by atoms with E-state index in [-0.39, 0.29) is 23.8 Å². The van der Waals surface area contributed by atoms with E-state index in [1.165, 1.54) is 11.3 Å². The summed E-state index contributed by atoms with van der Waals surface area (Å²) in [4.78, 5) is 36.0. The van der Waals surface area contributed by atoms with Gasteiger partial charge in [-0.25, -0.2) is 0 Å². The number of hydrogen-bond donors (Lipinski definition) is 0. The van der Waals surface area contributed by atoms with Gasteiger partial charge in [0.15, 0.2) is 0 Å². The van der Waals surface area contributed by atoms with Crippen molar-refractivity contribution in [2.75, 3.05) is 26.2 Å². The van der Waals surface area contributed by atoms with E-state index in [1.54, 1.807) is 0 Å². The van der Waals surface area contributed by atoms with Crippen molar-refractivity contribution >= 4 is 29.1 Å². The molecule has 3 fully saturated rings. The van der Waals surface area contributed by atoms with Gasteiger partial charge in [0.1, 0.15) is 24.5 Å². The highest BCUT2D eigenvalue weighted by Gasteiger charge is 2.50. The number of fused-ring (bicyclic) bond motifs is 3. The lowest BCUT2D eigenvalue weighted by molar-refractivity contribution is -0.938. The smallest absolute Gasteiger partial charge is 0.430 e. The van der Waals surface area contributed by atoms with Gasteiger partial charge in [0, 0.05) is 19.3 Å². The molecule has 0 spiro atoms. The number of halogens is 3. The summed E-state index contributed by atoms with van der Waals surface area (Å²) in [5.41, 5.74) is 2.17. The number of quaternary nitrogens is 1. The fourth-order valence-corrected chi connectivity index (χ4v) is 6.20. The predicted octanol–water partition coefficient (Wildman–Crippen LogP) is 4.61. The van der Waals surface area contributed by atoms with Gasteiger partial charge in [-0.3, -0.25) is 9.59 Å². The quantitative estimate of drug-likeness (QED) is 0.223. The van der Waals surface area contributed by atoms with Crippen LogP contribution in [0.4, 0.5) is 13.2 Å². The summed E-state index contributed by atoms with van der Waals surface area (Å²) >= 11 is 1.50. The number of ether oxygens (including phenoxy) is 1. The third-order valence-corrected chi connectivity index (χ3v) is 8.52. The maximum atomic E-state index is 13.5. The van der Waals surface area contributed by atoms with Crippen LogP contribution in [-0.2, 0) is 20.7 Å².